The Morgan fingerprint density at radius 2 is 1.85 bits per heavy atom. The van der Waals surface area contributed by atoms with Crippen LogP contribution in [-0.4, -0.2) is 5.78 Å². The molecule has 0 aliphatic carbocycles. The SMILES string of the molecule is CC(=O)C(C#N)(CC(C)C)C(C)C. The Morgan fingerprint density at radius 3 is 1.92 bits per heavy atom. The van der Waals surface area contributed by atoms with Crippen molar-refractivity contribution in [1.29, 1.82) is 5.26 Å². The smallest absolute Gasteiger partial charge is 0.150 e. The molecule has 0 rings (SSSR count). The lowest BCUT2D eigenvalue weighted by Gasteiger charge is -2.29. The van der Waals surface area contributed by atoms with Gasteiger partial charge >= 0.3 is 0 Å². The van der Waals surface area contributed by atoms with Gasteiger partial charge in [0, 0.05) is 0 Å². The third kappa shape index (κ3) is 2.55. The normalized spacial score (nSPS) is 15.5. The molecule has 0 N–H and O–H groups in total. The van der Waals surface area contributed by atoms with E-state index in [0.29, 0.717) is 12.3 Å². The maximum Gasteiger partial charge on any atom is 0.150 e. The van der Waals surface area contributed by atoms with Crippen LogP contribution in [0.2, 0.25) is 0 Å². The Kier molecular flexibility index (Phi) is 4.13. The van der Waals surface area contributed by atoms with Crippen molar-refractivity contribution in [3.8, 4) is 6.07 Å². The molecule has 2 nitrogen and oxygen atoms in total. The van der Waals surface area contributed by atoms with Crippen molar-refractivity contribution in [1.82, 2.24) is 0 Å². The second-order valence-corrected chi connectivity index (χ2v) is 4.39. The zero-order valence-electron chi connectivity index (χ0n) is 9.22. The van der Waals surface area contributed by atoms with Crippen molar-refractivity contribution < 1.29 is 4.79 Å². The van der Waals surface area contributed by atoms with Gasteiger partial charge in [-0.1, -0.05) is 27.7 Å². The Labute approximate surface area is 80.9 Å². The third-order valence-corrected chi connectivity index (χ3v) is 2.54. The second kappa shape index (κ2) is 4.41. The standard InChI is InChI=1S/C11H19NO/c1-8(2)6-11(7-12,9(3)4)10(5)13/h8-9H,6H2,1-5H3. The first-order chi connectivity index (χ1) is 5.86. The fourth-order valence-corrected chi connectivity index (χ4v) is 1.68. The van der Waals surface area contributed by atoms with Crippen LogP contribution in [0.25, 0.3) is 0 Å². The van der Waals surface area contributed by atoms with Gasteiger partial charge < -0.3 is 0 Å². The molecule has 74 valence electrons. The quantitative estimate of drug-likeness (QED) is 0.669. The highest BCUT2D eigenvalue weighted by molar-refractivity contribution is 5.85. The van der Waals surface area contributed by atoms with Crippen molar-refractivity contribution >= 4 is 5.78 Å². The first kappa shape index (κ1) is 12.2. The van der Waals surface area contributed by atoms with Gasteiger partial charge in [0.15, 0.2) is 0 Å². The molecule has 0 aromatic heterocycles. The molecule has 0 radical (unpaired) electrons. The number of nitrogens with zero attached hydrogens (tertiary/aromatic N) is 1. The molecule has 1 atom stereocenters. The lowest BCUT2D eigenvalue weighted by Crippen LogP contribution is -2.34. The number of nitriles is 1. The van der Waals surface area contributed by atoms with Gasteiger partial charge in [0.25, 0.3) is 0 Å². The van der Waals surface area contributed by atoms with Gasteiger partial charge in [0.05, 0.1) is 6.07 Å². The minimum atomic E-state index is -0.770. The van der Waals surface area contributed by atoms with Crippen LogP contribution < -0.4 is 0 Å². The zero-order valence-corrected chi connectivity index (χ0v) is 9.22. The summed E-state index contributed by atoms with van der Waals surface area (Å²) in [5.74, 6) is 0.474. The number of hydrogen-bond donors (Lipinski definition) is 0. The number of hydrogen-bond acceptors (Lipinski definition) is 2. The van der Waals surface area contributed by atoms with Crippen molar-refractivity contribution in [2.45, 2.75) is 41.0 Å². The first-order valence-corrected chi connectivity index (χ1v) is 4.79. The molecule has 13 heavy (non-hydrogen) atoms. The van der Waals surface area contributed by atoms with E-state index in [0.717, 1.165) is 0 Å². The predicted octanol–water partition coefficient (Wildman–Crippen LogP) is 2.79. The van der Waals surface area contributed by atoms with E-state index < -0.39 is 5.41 Å². The van der Waals surface area contributed by atoms with E-state index in [1.807, 2.05) is 27.7 Å². The average molecular weight is 181 g/mol. The Morgan fingerprint density at radius 1 is 1.38 bits per heavy atom. The Hall–Kier alpha value is -0.840. The van der Waals surface area contributed by atoms with E-state index in [1.165, 1.54) is 6.92 Å². The predicted molar refractivity (Wildman–Crippen MR) is 53.0 cm³/mol. The molecule has 0 amide bonds. The Bertz CT molecular complexity index is 225. The second-order valence-electron chi connectivity index (χ2n) is 4.39. The van der Waals surface area contributed by atoms with E-state index in [4.69, 9.17) is 5.26 Å². The molecular weight excluding hydrogens is 162 g/mol. The van der Waals surface area contributed by atoms with Crippen LogP contribution >= 0.6 is 0 Å². The van der Waals surface area contributed by atoms with E-state index in [9.17, 15) is 4.79 Å². The van der Waals surface area contributed by atoms with Gasteiger partial charge in [-0.2, -0.15) is 5.26 Å². The van der Waals surface area contributed by atoms with Crippen LogP contribution in [0.1, 0.15) is 41.0 Å². The maximum absolute atomic E-state index is 11.5. The lowest BCUT2D eigenvalue weighted by molar-refractivity contribution is -0.126. The van der Waals surface area contributed by atoms with Crippen molar-refractivity contribution in [3.63, 3.8) is 0 Å². The number of carbonyl (C=O) groups is 1. The van der Waals surface area contributed by atoms with Gasteiger partial charge in [-0.05, 0) is 25.2 Å². The highest BCUT2D eigenvalue weighted by Crippen LogP contribution is 2.34. The summed E-state index contributed by atoms with van der Waals surface area (Å²) in [5, 5.41) is 9.10. The lowest BCUT2D eigenvalue weighted by atomic mass is 9.70. The monoisotopic (exact) mass is 181 g/mol. The molecule has 0 spiro atoms. The molecule has 0 aromatic carbocycles. The molecule has 1 unspecified atom stereocenters. The van der Waals surface area contributed by atoms with Crippen LogP contribution in [-0.2, 0) is 4.79 Å². The summed E-state index contributed by atoms with van der Waals surface area (Å²) in [5.41, 5.74) is -0.770. The van der Waals surface area contributed by atoms with Gasteiger partial charge in [-0.15, -0.1) is 0 Å². The summed E-state index contributed by atoms with van der Waals surface area (Å²) in [6.07, 6.45) is 0.663. The van der Waals surface area contributed by atoms with Crippen LogP contribution in [0, 0.1) is 28.6 Å². The molecule has 0 aliphatic rings. The minimum Gasteiger partial charge on any atom is -0.298 e. The highest BCUT2D eigenvalue weighted by Gasteiger charge is 2.39. The third-order valence-electron chi connectivity index (χ3n) is 2.54. The minimum absolute atomic E-state index is 0.00120. The van der Waals surface area contributed by atoms with Crippen molar-refractivity contribution in [2.75, 3.05) is 0 Å². The average Bonchev–Trinajstić information content (AvgIpc) is 1.98. The summed E-state index contributed by atoms with van der Waals surface area (Å²) in [4.78, 5) is 11.5. The van der Waals surface area contributed by atoms with E-state index >= 15 is 0 Å². The maximum atomic E-state index is 11.5. The van der Waals surface area contributed by atoms with Crippen molar-refractivity contribution in [2.24, 2.45) is 17.3 Å². The van der Waals surface area contributed by atoms with Gasteiger partial charge in [0.2, 0.25) is 0 Å². The van der Waals surface area contributed by atoms with E-state index in [-0.39, 0.29) is 11.7 Å². The number of carbonyl (C=O) groups excluding carboxylic acids is 1. The first-order valence-electron chi connectivity index (χ1n) is 4.79. The van der Waals surface area contributed by atoms with Crippen LogP contribution in [0.15, 0.2) is 0 Å². The van der Waals surface area contributed by atoms with E-state index in [2.05, 4.69) is 6.07 Å². The van der Waals surface area contributed by atoms with E-state index in [1.54, 1.807) is 0 Å². The topological polar surface area (TPSA) is 40.9 Å². The molecule has 0 heterocycles. The summed E-state index contributed by atoms with van der Waals surface area (Å²) >= 11 is 0. The highest BCUT2D eigenvalue weighted by atomic mass is 16.1. The molecule has 0 aromatic rings. The molecule has 0 bridgehead atoms. The molecule has 0 saturated heterocycles. The summed E-state index contributed by atoms with van der Waals surface area (Å²) in [6, 6.07) is 2.20. The van der Waals surface area contributed by atoms with Crippen molar-refractivity contribution in [3.05, 3.63) is 0 Å². The van der Waals surface area contributed by atoms with Gasteiger partial charge in [-0.25, -0.2) is 0 Å². The molecule has 2 heteroatoms. The number of Topliss-reactive ketones (excluding diaryl/α,β-unsaturated/α-hetero) is 1. The number of rotatable bonds is 4. The summed E-state index contributed by atoms with van der Waals surface area (Å²) in [6.45, 7) is 9.47. The van der Waals surface area contributed by atoms with Gasteiger partial charge in [0.1, 0.15) is 11.2 Å². The van der Waals surface area contributed by atoms with Crippen LogP contribution in [0.4, 0.5) is 0 Å². The fourth-order valence-electron chi connectivity index (χ4n) is 1.68. The molecule has 0 saturated carbocycles. The summed E-state index contributed by atoms with van der Waals surface area (Å²) < 4.78 is 0. The molecule has 0 aliphatic heterocycles. The summed E-state index contributed by atoms with van der Waals surface area (Å²) in [7, 11) is 0. The molecule has 0 fully saturated rings. The zero-order chi connectivity index (χ0) is 10.6. The van der Waals surface area contributed by atoms with Crippen LogP contribution in [0.3, 0.4) is 0 Å². The number of ketones is 1. The fraction of sp³-hybridized carbons (Fsp3) is 0.818. The Balaban J connectivity index is 4.91. The molecular formula is C11H19NO. The largest absolute Gasteiger partial charge is 0.298 e. The van der Waals surface area contributed by atoms with Gasteiger partial charge in [-0.3, -0.25) is 4.79 Å². The van der Waals surface area contributed by atoms with Crippen LogP contribution in [0.5, 0.6) is 0 Å².